The number of aliphatic carboxylic acids is 2. The predicted molar refractivity (Wildman–Crippen MR) is 502 cm³/mol. The molecule has 42 nitrogen and oxygen atoms in total. The Labute approximate surface area is 781 Å². The number of carboxylic acids is 2. The number of unbranched alkanes of at least 4 members (excludes halogenated alkanes) is 2. The van der Waals surface area contributed by atoms with Crippen LogP contribution in [0, 0.1) is 11.3 Å². The number of rotatable bonds is 59. The van der Waals surface area contributed by atoms with Crippen molar-refractivity contribution in [2.24, 2.45) is 45.3 Å². The minimum Gasteiger partial charge on any atom is -0.481 e. The van der Waals surface area contributed by atoms with Gasteiger partial charge in [0.05, 0.1) is 23.2 Å². The van der Waals surface area contributed by atoms with Gasteiger partial charge < -0.3 is 123 Å². The number of thiazole rings is 1. The van der Waals surface area contributed by atoms with Gasteiger partial charge in [-0.05, 0) is 137 Å². The van der Waals surface area contributed by atoms with Crippen molar-refractivity contribution in [3.05, 3.63) is 131 Å². The third-order valence-electron chi connectivity index (χ3n) is 20.9. The van der Waals surface area contributed by atoms with E-state index in [9.17, 15) is 72.5 Å². The number of H-pyrrole nitrogens is 2. The van der Waals surface area contributed by atoms with Crippen molar-refractivity contribution in [3.63, 3.8) is 0 Å². The molecule has 0 bridgehead atoms. The molecule has 8 rings (SSSR count). The van der Waals surface area contributed by atoms with E-state index in [0.29, 0.717) is 83.1 Å². The first-order valence-electron chi connectivity index (χ1n) is 43.3. The molecule has 0 spiro atoms. The Bertz CT molecular complexity index is 5270. The van der Waals surface area contributed by atoms with E-state index in [1.165, 1.54) is 44.7 Å². The minimum atomic E-state index is -1.90. The first-order valence-corrected chi connectivity index (χ1v) is 47.6. The van der Waals surface area contributed by atoms with Crippen molar-refractivity contribution in [2.75, 3.05) is 43.5 Å². The summed E-state index contributed by atoms with van der Waals surface area (Å²) in [5, 5.41) is 58.2. The first-order chi connectivity index (χ1) is 63.6. The largest absolute Gasteiger partial charge is 0.513 e. The van der Waals surface area contributed by atoms with E-state index in [2.05, 4.69) is 78.4 Å². The van der Waals surface area contributed by atoms with Gasteiger partial charge in [0.15, 0.2) is 12.0 Å². The number of aromatic nitrogens is 3. The van der Waals surface area contributed by atoms with Gasteiger partial charge in [-0.25, -0.2) is 14.6 Å². The molecule has 1 aliphatic heterocycles. The van der Waals surface area contributed by atoms with Crippen LogP contribution in [0.3, 0.4) is 0 Å². The molecule has 0 saturated carbocycles. The number of carboxylic acid groups (broad SMARTS) is 2. The Morgan fingerprint density at radius 2 is 1.00 bits per heavy atom. The van der Waals surface area contributed by atoms with Crippen LogP contribution in [0.15, 0.2) is 114 Å². The Balaban J connectivity index is 0.935. The van der Waals surface area contributed by atoms with Gasteiger partial charge in [-0.1, -0.05) is 102 Å². The summed E-state index contributed by atoms with van der Waals surface area (Å²) in [6.45, 7) is 3.93. The first kappa shape index (κ1) is 105. The zero-order chi connectivity index (χ0) is 96.6. The smallest absolute Gasteiger partial charge is 0.481 e. The van der Waals surface area contributed by atoms with Crippen molar-refractivity contribution in [2.45, 2.75) is 202 Å². The number of hydrogen-bond donors (Lipinski definition) is 22. The predicted octanol–water partition coefficient (Wildman–Crippen LogP) is 1.52. The van der Waals surface area contributed by atoms with Crippen LogP contribution >= 0.6 is 44.7 Å². The lowest BCUT2D eigenvalue weighted by molar-refractivity contribution is -0.139. The lowest BCUT2D eigenvalue weighted by Crippen LogP contribution is -2.61. The zero-order valence-electron chi connectivity index (χ0n) is 73.4. The summed E-state index contributed by atoms with van der Waals surface area (Å²) in [6, 6.07) is 11.0. The summed E-state index contributed by atoms with van der Waals surface area (Å²) in [6.07, 6.45) is -0.149. The van der Waals surface area contributed by atoms with E-state index in [1.807, 2.05) is 6.07 Å². The molecular formula is C87H116N22O20S4. The van der Waals surface area contributed by atoms with Crippen LogP contribution < -0.4 is 97.6 Å². The molecule has 0 saturated heterocycles. The van der Waals surface area contributed by atoms with Gasteiger partial charge in [0.25, 0.3) is 0 Å². The standard InChI is InChI=1S/C87H116N22O20S4/c1-47(2)38-63(79(121)105-64(39-48-16-4-3-5-17-48)80(122)107-66(43-70(91)111)82(124)100-58(22-10-12-32-88)75(117)101-60(27-29-69(90)110)77(119)102-61(28-30-72(113)114)78(120)103-62(73(92)115)40-49-44-96-54-20-8-6-18-52(49)54)104-76(118)59(23-11-13-33-89)99-81(123)65(41-50-45-97-55-21-9-7-19-53(50)55)106-74(116)57(24-14-34-95-86(93)94)98-71(112)31-37-132-131-36-15-35-128-87(127)129-51-25-26-56-68(42-51)133-84(108-56)83-109-67(46-130-83)85(125)126/h3-9,16-21,25-26,42,44-45,47,57-67,96-97H,10-15,22-24,27-41,43,46,88-89H2,1-2H3,(H2,90,110)(H2,91,111)(H2,92,115)(H,98,112)(H,99,123)(H,100,124)(H,101,117)(H,102,119)(H,103,120)(H,104,118)(H,105,121)(H,106,116)(H,107,122)(H,113,114)(H,125,126)(H4,93,94,95)/t57-,58-,59-,60-,61-,62-,63-,64-,65-,66-,67+/m0/s1. The maximum Gasteiger partial charge on any atom is 0.513 e. The fourth-order valence-corrected chi connectivity index (χ4v) is 18.2. The van der Waals surface area contributed by atoms with Crippen molar-refractivity contribution in [1.82, 2.24) is 73.4 Å². The van der Waals surface area contributed by atoms with Crippen LogP contribution in [0.2, 0.25) is 0 Å². The highest BCUT2D eigenvalue weighted by molar-refractivity contribution is 8.76. The topological polar surface area (TPSA) is 701 Å². The maximum absolute atomic E-state index is 15.2. The maximum atomic E-state index is 15.2. The lowest BCUT2D eigenvalue weighted by atomic mass is 9.99. The molecule has 0 radical (unpaired) electrons. The number of primary amides is 3. The summed E-state index contributed by atoms with van der Waals surface area (Å²) in [4.78, 5) is 236. The summed E-state index contributed by atoms with van der Waals surface area (Å²) in [7, 11) is 2.77. The number of amides is 13. The number of fused-ring (bicyclic) bond motifs is 3. The van der Waals surface area contributed by atoms with E-state index in [0.717, 1.165) is 0 Å². The van der Waals surface area contributed by atoms with E-state index >= 15 is 14.4 Å². The molecule has 0 aliphatic carbocycles. The van der Waals surface area contributed by atoms with Gasteiger partial charge in [-0.2, -0.15) is 0 Å². The third kappa shape index (κ3) is 35.3. The number of hydrogen-bond acceptors (Lipinski definition) is 27. The van der Waals surface area contributed by atoms with E-state index in [-0.39, 0.29) is 127 Å². The van der Waals surface area contributed by atoms with Gasteiger partial charge in [-0.15, -0.1) is 23.1 Å². The molecular weight excluding hydrogens is 1800 g/mol. The number of nitrogens with zero attached hydrogens (tertiary/aromatic N) is 2. The monoisotopic (exact) mass is 1920 g/mol. The Kier molecular flexibility index (Phi) is 42.9. The summed E-state index contributed by atoms with van der Waals surface area (Å²) < 4.78 is 11.4. The van der Waals surface area contributed by atoms with Crippen molar-refractivity contribution >= 4 is 183 Å². The normalized spacial score (nSPS) is 14.6. The van der Waals surface area contributed by atoms with Crippen molar-refractivity contribution in [3.8, 4) is 5.75 Å². The van der Waals surface area contributed by atoms with E-state index < -0.39 is 193 Å². The molecule has 3 aromatic heterocycles. The number of benzene rings is 4. The quantitative estimate of drug-likeness (QED) is 0.00642. The SMILES string of the molecule is CC(C)C[C@H](NC(=O)[C@H](CCCCN)NC(=O)[C@H](Cc1c[nH]c2ccccc12)NC(=O)[C@H](CCCNC(=N)N)NC(=O)CCSSCCCOC(=O)Oc1ccc2nc(C3=N[C@@H](C(=O)O)CS3)sc2c1)C(=O)N[C@@H](Cc1ccccc1)C(=O)N[C@@H](CC(N)=O)C(=O)N[C@@H](CCCCN)C(=O)N[C@@H](CCC(N)=O)C(=O)N[C@@H](CCC(=O)O)C(=O)N[C@@H](Cc1c[nH]c2ccccc12)C(N)=O. The van der Waals surface area contributed by atoms with E-state index in [1.54, 1.807) is 117 Å². The number of nitrogens with two attached hydrogens (primary N) is 6. The third-order valence-corrected chi connectivity index (χ3v) is 25.6. The fourth-order valence-electron chi connectivity index (χ4n) is 14.1. The highest BCUT2D eigenvalue weighted by atomic mass is 33.1. The second kappa shape index (κ2) is 54.2. The second-order valence-electron chi connectivity index (χ2n) is 31.9. The molecule has 4 aromatic carbocycles. The van der Waals surface area contributed by atoms with Crippen LogP contribution in [0.4, 0.5) is 4.79 Å². The molecule has 28 N–H and O–H groups in total. The zero-order valence-corrected chi connectivity index (χ0v) is 76.7. The number of aliphatic imine (C=N–C) groups is 1. The number of carbonyl (C=O) groups excluding carboxylic acids is 14. The Morgan fingerprint density at radius 3 is 1.53 bits per heavy atom. The molecule has 4 heterocycles. The van der Waals surface area contributed by atoms with Crippen molar-refractivity contribution < 1.29 is 96.4 Å². The van der Waals surface area contributed by atoms with Gasteiger partial charge in [0.2, 0.25) is 76.8 Å². The van der Waals surface area contributed by atoms with Gasteiger partial charge in [0.1, 0.15) is 76.2 Å². The molecule has 46 heteroatoms. The van der Waals surface area contributed by atoms with E-state index in [4.69, 9.17) is 49.3 Å². The highest BCUT2D eigenvalue weighted by Crippen LogP contribution is 2.33. The number of thioether (sulfide) groups is 1. The average molecular weight is 1920 g/mol. The molecule has 0 unspecified atom stereocenters. The molecule has 13 amide bonds. The Hall–Kier alpha value is -12.9. The minimum absolute atomic E-state index is 0.00416. The lowest BCUT2D eigenvalue weighted by Gasteiger charge is -2.29. The molecule has 1 aliphatic rings. The average Bonchev–Trinajstić information content (AvgIpc) is 1.64. The van der Waals surface area contributed by atoms with Crippen LogP contribution in [0.25, 0.3) is 32.0 Å². The summed E-state index contributed by atoms with van der Waals surface area (Å²) >= 11 is 2.58. The molecule has 0 fully saturated rings. The van der Waals surface area contributed by atoms with Gasteiger partial charge >= 0.3 is 18.1 Å². The highest BCUT2D eigenvalue weighted by Gasteiger charge is 2.39. The Morgan fingerprint density at radius 1 is 0.519 bits per heavy atom. The second-order valence-corrected chi connectivity index (χ2v) is 36.6. The number of aromatic amines is 2. The van der Waals surface area contributed by atoms with Gasteiger partial charge in [-0.3, -0.25) is 77.5 Å². The van der Waals surface area contributed by atoms with Gasteiger partial charge in [0, 0.05) is 103 Å². The summed E-state index contributed by atoms with van der Waals surface area (Å²) in [5.41, 5.74) is 38.0. The van der Waals surface area contributed by atoms with Crippen LogP contribution in [-0.2, 0) is 95.9 Å². The number of carbonyl (C=O) groups is 16. The van der Waals surface area contributed by atoms with Crippen LogP contribution in [-0.4, -0.2) is 241 Å². The van der Waals surface area contributed by atoms with Crippen LogP contribution in [0.5, 0.6) is 5.75 Å². The fraction of sp³-hybridized carbons (Fsp3) is 0.460. The number of para-hydroxylation sites is 2. The molecule has 718 valence electrons. The molecule has 133 heavy (non-hydrogen) atoms. The van der Waals surface area contributed by atoms with Crippen LogP contribution in [0.1, 0.15) is 138 Å². The number of guanidine groups is 1. The summed E-state index contributed by atoms with van der Waals surface area (Å²) in [5.74, 6) is -14.3. The number of nitrogens with one attached hydrogen (secondary N) is 14. The van der Waals surface area contributed by atoms with Crippen molar-refractivity contribution in [1.29, 1.82) is 5.41 Å². The molecule has 11 atom stereocenters. The molecule has 7 aromatic rings. The number of ether oxygens (including phenoxy) is 2.